The molecule has 0 saturated heterocycles. The van der Waals surface area contributed by atoms with Crippen LogP contribution in [0.2, 0.25) is 0 Å². The van der Waals surface area contributed by atoms with E-state index in [0.29, 0.717) is 11.5 Å². The normalized spacial score (nSPS) is 12.4. The molecule has 1 aromatic heterocycles. The van der Waals surface area contributed by atoms with Gasteiger partial charge in [0, 0.05) is 11.6 Å². The van der Waals surface area contributed by atoms with Crippen LogP contribution in [-0.4, -0.2) is 10.9 Å². The molecule has 0 aliphatic heterocycles. The minimum atomic E-state index is -0.391. The van der Waals surface area contributed by atoms with Crippen LogP contribution in [-0.2, 0) is 0 Å². The second-order valence-electron chi connectivity index (χ2n) is 6.67. The summed E-state index contributed by atoms with van der Waals surface area (Å²) in [5.41, 5.74) is 10.5. The van der Waals surface area contributed by atoms with Gasteiger partial charge in [-0.2, -0.15) is 0 Å². The first-order valence-corrected chi connectivity index (χ1v) is 9.15. The molecule has 0 spiro atoms. The van der Waals surface area contributed by atoms with Gasteiger partial charge in [0.15, 0.2) is 0 Å². The number of benzene rings is 2. The summed E-state index contributed by atoms with van der Waals surface area (Å²) in [6.45, 7) is 4.45. The minimum Gasteiger partial charge on any atom is -0.366 e. The van der Waals surface area contributed by atoms with E-state index in [1.165, 1.54) is 24.8 Å². The number of aromatic amines is 1. The third kappa shape index (κ3) is 3.46. The SMILES string of the molecule is CCCCC(CC)c1c[nH]c2c(C(N)=O)cc(-c3ccccc3)cc12. The highest BCUT2D eigenvalue weighted by atomic mass is 16.1. The standard InChI is InChI=1S/C22H26N2O/c1-3-5-9-15(4-2)20-14-24-21-18(20)12-17(13-19(21)22(23)25)16-10-7-6-8-11-16/h6-8,10-15,24H,3-5,9H2,1-2H3,(H2,23,25). The second kappa shape index (κ2) is 7.56. The van der Waals surface area contributed by atoms with E-state index >= 15 is 0 Å². The van der Waals surface area contributed by atoms with Crippen LogP contribution in [0.25, 0.3) is 22.0 Å². The van der Waals surface area contributed by atoms with E-state index in [2.05, 4.69) is 43.2 Å². The van der Waals surface area contributed by atoms with Crippen molar-refractivity contribution in [2.45, 2.75) is 45.4 Å². The minimum absolute atomic E-state index is 0.391. The van der Waals surface area contributed by atoms with Gasteiger partial charge in [0.25, 0.3) is 5.91 Å². The van der Waals surface area contributed by atoms with Crippen LogP contribution in [0.3, 0.4) is 0 Å². The van der Waals surface area contributed by atoms with Crippen molar-refractivity contribution in [3.8, 4) is 11.1 Å². The van der Waals surface area contributed by atoms with Gasteiger partial charge in [0.1, 0.15) is 0 Å². The van der Waals surface area contributed by atoms with E-state index in [9.17, 15) is 4.79 Å². The van der Waals surface area contributed by atoms with Crippen molar-refractivity contribution >= 4 is 16.8 Å². The quantitative estimate of drug-likeness (QED) is 0.579. The first-order chi connectivity index (χ1) is 12.2. The first kappa shape index (κ1) is 17.3. The Kier molecular flexibility index (Phi) is 5.22. The number of hydrogen-bond acceptors (Lipinski definition) is 1. The molecular weight excluding hydrogens is 308 g/mol. The molecule has 1 atom stereocenters. The summed E-state index contributed by atoms with van der Waals surface area (Å²) in [6, 6.07) is 14.2. The molecular formula is C22H26N2O. The number of H-pyrrole nitrogens is 1. The number of carbonyl (C=O) groups is 1. The molecule has 3 nitrogen and oxygen atoms in total. The number of nitrogens with two attached hydrogens (primary N) is 1. The van der Waals surface area contributed by atoms with Gasteiger partial charge >= 0.3 is 0 Å². The van der Waals surface area contributed by atoms with Gasteiger partial charge in [0.05, 0.1) is 11.1 Å². The molecule has 1 unspecified atom stereocenters. The zero-order chi connectivity index (χ0) is 17.8. The number of amides is 1. The van der Waals surface area contributed by atoms with Gasteiger partial charge in [-0.25, -0.2) is 0 Å². The summed E-state index contributed by atoms with van der Waals surface area (Å²) < 4.78 is 0. The first-order valence-electron chi connectivity index (χ1n) is 9.15. The smallest absolute Gasteiger partial charge is 0.250 e. The lowest BCUT2D eigenvalue weighted by Gasteiger charge is -2.14. The molecule has 3 rings (SSSR count). The Bertz CT molecular complexity index is 864. The van der Waals surface area contributed by atoms with Crippen LogP contribution in [0.5, 0.6) is 0 Å². The molecule has 0 bridgehead atoms. The lowest BCUT2D eigenvalue weighted by Crippen LogP contribution is -2.11. The number of aromatic nitrogens is 1. The van der Waals surface area contributed by atoms with Gasteiger partial charge in [-0.1, -0.05) is 57.0 Å². The van der Waals surface area contributed by atoms with Crippen LogP contribution < -0.4 is 5.73 Å². The zero-order valence-corrected chi connectivity index (χ0v) is 15.0. The van der Waals surface area contributed by atoms with Crippen molar-refractivity contribution in [3.05, 3.63) is 59.8 Å². The Morgan fingerprint density at radius 2 is 1.88 bits per heavy atom. The average Bonchev–Trinajstić information content (AvgIpc) is 3.06. The van der Waals surface area contributed by atoms with E-state index in [-0.39, 0.29) is 0 Å². The summed E-state index contributed by atoms with van der Waals surface area (Å²) in [4.78, 5) is 15.3. The topological polar surface area (TPSA) is 58.9 Å². The van der Waals surface area contributed by atoms with Crippen molar-refractivity contribution in [1.82, 2.24) is 4.98 Å². The lowest BCUT2D eigenvalue weighted by molar-refractivity contribution is 0.100. The summed E-state index contributed by atoms with van der Waals surface area (Å²) in [5, 5.41) is 1.12. The molecule has 0 saturated carbocycles. The second-order valence-corrected chi connectivity index (χ2v) is 6.67. The molecule has 0 aliphatic carbocycles. The fraction of sp³-hybridized carbons (Fsp3) is 0.318. The van der Waals surface area contributed by atoms with Crippen molar-refractivity contribution in [2.24, 2.45) is 5.73 Å². The van der Waals surface area contributed by atoms with E-state index < -0.39 is 5.91 Å². The number of unbranched alkanes of at least 4 members (excludes halogenated alkanes) is 1. The highest BCUT2D eigenvalue weighted by Crippen LogP contribution is 2.35. The molecule has 1 amide bonds. The molecule has 3 N–H and O–H groups in total. The van der Waals surface area contributed by atoms with Gasteiger partial charge in [-0.15, -0.1) is 0 Å². The largest absolute Gasteiger partial charge is 0.366 e. The van der Waals surface area contributed by atoms with Crippen molar-refractivity contribution in [3.63, 3.8) is 0 Å². The predicted molar refractivity (Wildman–Crippen MR) is 105 cm³/mol. The van der Waals surface area contributed by atoms with E-state index in [1.807, 2.05) is 24.3 Å². The number of rotatable bonds is 7. The predicted octanol–water partition coefficient (Wildman–Crippen LogP) is 5.62. The van der Waals surface area contributed by atoms with Gasteiger partial charge in [-0.05, 0) is 47.6 Å². The van der Waals surface area contributed by atoms with Crippen molar-refractivity contribution in [2.75, 3.05) is 0 Å². The Morgan fingerprint density at radius 1 is 1.12 bits per heavy atom. The fourth-order valence-corrected chi connectivity index (χ4v) is 3.61. The number of primary amides is 1. The fourth-order valence-electron chi connectivity index (χ4n) is 3.61. The molecule has 130 valence electrons. The Labute approximate surface area is 149 Å². The summed E-state index contributed by atoms with van der Waals surface area (Å²) in [5.74, 6) is 0.109. The third-order valence-electron chi connectivity index (χ3n) is 5.03. The third-order valence-corrected chi connectivity index (χ3v) is 5.03. The Hall–Kier alpha value is -2.55. The molecule has 1 heterocycles. The summed E-state index contributed by atoms with van der Waals surface area (Å²) >= 11 is 0. The molecule has 0 radical (unpaired) electrons. The Balaban J connectivity index is 2.18. The number of fused-ring (bicyclic) bond motifs is 1. The maximum absolute atomic E-state index is 12.0. The number of hydrogen-bond donors (Lipinski definition) is 2. The zero-order valence-electron chi connectivity index (χ0n) is 15.0. The highest BCUT2D eigenvalue weighted by molar-refractivity contribution is 6.07. The molecule has 25 heavy (non-hydrogen) atoms. The van der Waals surface area contributed by atoms with E-state index in [0.717, 1.165) is 28.5 Å². The van der Waals surface area contributed by atoms with E-state index in [1.54, 1.807) is 0 Å². The van der Waals surface area contributed by atoms with Crippen LogP contribution in [0.1, 0.15) is 61.4 Å². The van der Waals surface area contributed by atoms with Crippen LogP contribution in [0.4, 0.5) is 0 Å². The maximum atomic E-state index is 12.0. The number of carbonyl (C=O) groups excluding carboxylic acids is 1. The van der Waals surface area contributed by atoms with Crippen LogP contribution >= 0.6 is 0 Å². The number of nitrogens with one attached hydrogen (secondary N) is 1. The van der Waals surface area contributed by atoms with Crippen molar-refractivity contribution in [1.29, 1.82) is 0 Å². The van der Waals surface area contributed by atoms with Crippen molar-refractivity contribution < 1.29 is 4.79 Å². The maximum Gasteiger partial charge on any atom is 0.250 e. The highest BCUT2D eigenvalue weighted by Gasteiger charge is 2.18. The van der Waals surface area contributed by atoms with Gasteiger partial charge in [0.2, 0.25) is 0 Å². The summed E-state index contributed by atoms with van der Waals surface area (Å²) in [6.07, 6.45) is 6.73. The van der Waals surface area contributed by atoms with Crippen LogP contribution in [0, 0.1) is 0 Å². The molecule has 3 heteroatoms. The van der Waals surface area contributed by atoms with Crippen LogP contribution in [0.15, 0.2) is 48.7 Å². The molecule has 0 aliphatic rings. The molecule has 0 fully saturated rings. The van der Waals surface area contributed by atoms with Gasteiger partial charge < -0.3 is 10.7 Å². The summed E-state index contributed by atoms with van der Waals surface area (Å²) in [7, 11) is 0. The molecule has 2 aromatic carbocycles. The average molecular weight is 334 g/mol. The molecule has 3 aromatic rings. The Morgan fingerprint density at radius 3 is 2.52 bits per heavy atom. The lowest BCUT2D eigenvalue weighted by atomic mass is 9.89. The van der Waals surface area contributed by atoms with E-state index in [4.69, 9.17) is 5.73 Å². The monoisotopic (exact) mass is 334 g/mol. The van der Waals surface area contributed by atoms with Gasteiger partial charge in [-0.3, -0.25) is 4.79 Å².